The van der Waals surface area contributed by atoms with E-state index < -0.39 is 10.1 Å². The molecule has 1 aromatic heterocycles. The summed E-state index contributed by atoms with van der Waals surface area (Å²) >= 11 is 0. The van der Waals surface area contributed by atoms with E-state index in [4.69, 9.17) is 5.53 Å². The minimum atomic E-state index is -4.28. The highest BCUT2D eigenvalue weighted by Crippen LogP contribution is 2.20. The molecule has 0 amide bonds. The summed E-state index contributed by atoms with van der Waals surface area (Å²) in [6.45, 7) is 2.03. The molecule has 0 bridgehead atoms. The van der Waals surface area contributed by atoms with Crippen LogP contribution in [-0.2, 0) is 23.1 Å². The number of pyridine rings is 1. The minimum Gasteiger partial charge on any atom is -0.282 e. The fraction of sp³-hybridized carbons (Fsp3) is 0.214. The summed E-state index contributed by atoms with van der Waals surface area (Å²) in [4.78, 5) is 7.16. The third-order valence-corrected chi connectivity index (χ3v) is 3.99. The number of hydrogen-bond donors (Lipinski definition) is 2. The molecule has 2 N–H and O–H groups in total. The van der Waals surface area contributed by atoms with Gasteiger partial charge in [0.15, 0.2) is 6.54 Å². The van der Waals surface area contributed by atoms with E-state index in [0.29, 0.717) is 17.0 Å². The highest BCUT2D eigenvalue weighted by Gasteiger charge is 2.16. The van der Waals surface area contributed by atoms with Gasteiger partial charge in [-0.05, 0) is 30.7 Å². The van der Waals surface area contributed by atoms with Crippen LogP contribution in [0.25, 0.3) is 0 Å². The van der Waals surface area contributed by atoms with Gasteiger partial charge in [-0.2, -0.15) is 8.42 Å². The minimum absolute atomic E-state index is 0.115. The monoisotopic (exact) mass is 319 g/mol. The molecule has 1 heterocycles. The summed E-state index contributed by atoms with van der Waals surface area (Å²) in [7, 11) is -4.28. The van der Waals surface area contributed by atoms with Crippen molar-refractivity contribution < 1.29 is 13.0 Å². The topological polar surface area (TPSA) is 118 Å². The fourth-order valence-electron chi connectivity index (χ4n) is 2.12. The first-order valence-electron chi connectivity index (χ1n) is 6.45. The van der Waals surface area contributed by atoms with E-state index in [0.717, 1.165) is 5.56 Å². The standard InChI is InChI=1S/C14H14N4O3S/c1-10-5-6-14(22(19,20)21)11(7-10)8-12-3-2-4-13(17-12)9-16-18-15/h2-7,15H,8-9H2,1H3/p+1. The molecule has 0 spiro atoms. The molecule has 0 saturated heterocycles. The Bertz CT molecular complexity index is 843. The number of nitrogens with zero attached hydrogens (tertiary/aromatic N) is 3. The summed E-state index contributed by atoms with van der Waals surface area (Å²) < 4.78 is 32.2. The average molecular weight is 319 g/mol. The van der Waals surface area contributed by atoms with Crippen LogP contribution in [0.5, 0.6) is 0 Å². The van der Waals surface area contributed by atoms with Gasteiger partial charge in [0.1, 0.15) is 10.6 Å². The van der Waals surface area contributed by atoms with Crippen LogP contribution in [0.3, 0.4) is 0 Å². The maximum Gasteiger partial charge on any atom is 0.294 e. The fourth-order valence-corrected chi connectivity index (χ4v) is 2.82. The lowest BCUT2D eigenvalue weighted by Crippen LogP contribution is -2.05. The molecule has 0 aliphatic rings. The second kappa shape index (κ2) is 6.57. The Morgan fingerprint density at radius 1 is 1.27 bits per heavy atom. The Kier molecular flexibility index (Phi) is 4.77. The van der Waals surface area contributed by atoms with Crippen molar-refractivity contribution in [3.63, 3.8) is 0 Å². The van der Waals surface area contributed by atoms with E-state index >= 15 is 0 Å². The summed E-state index contributed by atoms with van der Waals surface area (Å²) in [6.07, 6.45) is 0.267. The van der Waals surface area contributed by atoms with Crippen molar-refractivity contribution in [1.29, 1.82) is 5.53 Å². The quantitative estimate of drug-likeness (QED) is 0.499. The van der Waals surface area contributed by atoms with Crippen LogP contribution in [-0.4, -0.2) is 18.0 Å². The Balaban J connectivity index is 2.38. The number of aromatic nitrogens is 1. The highest BCUT2D eigenvalue weighted by molar-refractivity contribution is 7.85. The smallest absolute Gasteiger partial charge is 0.282 e. The van der Waals surface area contributed by atoms with Crippen molar-refractivity contribution in [3.05, 3.63) is 58.9 Å². The first kappa shape index (κ1) is 16.0. The first-order valence-corrected chi connectivity index (χ1v) is 7.89. The van der Waals surface area contributed by atoms with Gasteiger partial charge >= 0.3 is 0 Å². The van der Waals surface area contributed by atoms with Crippen LogP contribution in [0.15, 0.2) is 46.4 Å². The lowest BCUT2D eigenvalue weighted by atomic mass is 10.1. The van der Waals surface area contributed by atoms with Crippen molar-refractivity contribution in [3.8, 4) is 0 Å². The molecule has 114 valence electrons. The van der Waals surface area contributed by atoms with Crippen LogP contribution in [0.4, 0.5) is 0 Å². The molecular weight excluding hydrogens is 304 g/mol. The number of hydrogen-bond acceptors (Lipinski definition) is 5. The van der Waals surface area contributed by atoms with Crippen LogP contribution in [0, 0.1) is 12.5 Å². The van der Waals surface area contributed by atoms with E-state index in [1.807, 2.05) is 6.92 Å². The van der Waals surface area contributed by atoms with Gasteiger partial charge in [0, 0.05) is 12.1 Å². The van der Waals surface area contributed by atoms with E-state index in [1.165, 1.54) is 6.07 Å². The number of benzene rings is 1. The highest BCUT2D eigenvalue weighted by atomic mass is 32.2. The SMILES string of the molecule is Cc1ccc(S(=O)(=O)O)c(Cc2cccc(CN=[N+]=N)n2)c1. The molecule has 22 heavy (non-hydrogen) atoms. The number of aryl methyl sites for hydroxylation is 1. The van der Waals surface area contributed by atoms with Gasteiger partial charge < -0.3 is 0 Å². The van der Waals surface area contributed by atoms with Crippen molar-refractivity contribution in [2.45, 2.75) is 24.8 Å². The van der Waals surface area contributed by atoms with E-state index in [-0.39, 0.29) is 17.9 Å². The first-order chi connectivity index (χ1) is 10.4. The third-order valence-electron chi connectivity index (χ3n) is 3.03. The Morgan fingerprint density at radius 2 is 2.00 bits per heavy atom. The zero-order chi connectivity index (χ0) is 16.2. The number of nitrogens with one attached hydrogen (secondary N) is 1. The summed E-state index contributed by atoms with van der Waals surface area (Å²) in [5, 5.41) is 3.55. The molecule has 0 saturated carbocycles. The summed E-state index contributed by atoms with van der Waals surface area (Å²) in [5.74, 6) is 0. The number of rotatable bonds is 5. The second-order valence-electron chi connectivity index (χ2n) is 4.78. The van der Waals surface area contributed by atoms with E-state index in [1.54, 1.807) is 30.3 Å². The van der Waals surface area contributed by atoms with Crippen LogP contribution in [0.1, 0.15) is 22.5 Å². The molecule has 8 heteroatoms. The van der Waals surface area contributed by atoms with Crippen LogP contribution < -0.4 is 4.91 Å². The van der Waals surface area contributed by atoms with Gasteiger partial charge in [-0.3, -0.25) is 9.54 Å². The molecule has 7 nitrogen and oxygen atoms in total. The maximum atomic E-state index is 11.5. The predicted octanol–water partition coefficient (Wildman–Crippen LogP) is 2.28. The zero-order valence-electron chi connectivity index (χ0n) is 11.9. The lowest BCUT2D eigenvalue weighted by Gasteiger charge is -2.08. The Hall–Kier alpha value is -2.41. The van der Waals surface area contributed by atoms with Crippen molar-refractivity contribution in [1.82, 2.24) is 9.90 Å². The summed E-state index contributed by atoms with van der Waals surface area (Å²) in [6, 6.07) is 10.0. The molecule has 2 aromatic rings. The molecule has 0 aliphatic heterocycles. The van der Waals surface area contributed by atoms with Gasteiger partial charge in [0.05, 0.1) is 10.6 Å². The molecule has 2 rings (SSSR count). The average Bonchev–Trinajstić information content (AvgIpc) is 2.44. The second-order valence-corrected chi connectivity index (χ2v) is 6.17. The predicted molar refractivity (Wildman–Crippen MR) is 79.0 cm³/mol. The van der Waals surface area contributed by atoms with Gasteiger partial charge in [0.2, 0.25) is 4.91 Å². The van der Waals surface area contributed by atoms with Crippen molar-refractivity contribution in [2.24, 2.45) is 5.11 Å². The maximum absolute atomic E-state index is 11.5. The van der Waals surface area contributed by atoms with Gasteiger partial charge in [0.25, 0.3) is 10.1 Å². The van der Waals surface area contributed by atoms with Crippen molar-refractivity contribution >= 4 is 10.1 Å². The molecule has 0 unspecified atom stereocenters. The van der Waals surface area contributed by atoms with E-state index in [2.05, 4.69) is 15.0 Å². The molecular formula is C14H15N4O3S+. The Labute approximate surface area is 128 Å². The van der Waals surface area contributed by atoms with E-state index in [9.17, 15) is 13.0 Å². The molecule has 1 aromatic carbocycles. The third kappa shape index (κ3) is 4.05. The van der Waals surface area contributed by atoms with Gasteiger partial charge in [-0.1, -0.05) is 23.8 Å². The van der Waals surface area contributed by atoms with Crippen molar-refractivity contribution in [2.75, 3.05) is 0 Å². The van der Waals surface area contributed by atoms with Gasteiger partial charge in [-0.15, -0.1) is 0 Å². The largest absolute Gasteiger partial charge is 0.294 e. The lowest BCUT2D eigenvalue weighted by molar-refractivity contribution is 0.482. The normalized spacial score (nSPS) is 11.0. The Morgan fingerprint density at radius 3 is 2.68 bits per heavy atom. The van der Waals surface area contributed by atoms with Gasteiger partial charge in [-0.25, -0.2) is 0 Å². The van der Waals surface area contributed by atoms with Crippen LogP contribution in [0.2, 0.25) is 0 Å². The molecule has 0 aliphatic carbocycles. The zero-order valence-corrected chi connectivity index (χ0v) is 12.7. The van der Waals surface area contributed by atoms with Crippen LogP contribution >= 0.6 is 0 Å². The molecule has 0 fully saturated rings. The summed E-state index contributed by atoms with van der Waals surface area (Å²) in [5.41, 5.74) is 9.29. The molecule has 0 radical (unpaired) electrons. The molecule has 0 atom stereocenters.